The van der Waals surface area contributed by atoms with Crippen molar-refractivity contribution in [2.45, 2.75) is 32.9 Å². The Labute approximate surface area is 165 Å². The third-order valence-corrected chi connectivity index (χ3v) is 5.65. The molecule has 3 aromatic heterocycles. The van der Waals surface area contributed by atoms with Gasteiger partial charge in [-0.25, -0.2) is 9.50 Å². The number of thiophene rings is 1. The van der Waals surface area contributed by atoms with Gasteiger partial charge in [0, 0.05) is 28.4 Å². The first-order valence-corrected chi connectivity index (χ1v) is 9.57. The first kappa shape index (κ1) is 19.7. The number of hydrogen-bond donors (Lipinski definition) is 1. The lowest BCUT2D eigenvalue weighted by Gasteiger charge is -2.10. The van der Waals surface area contributed by atoms with Gasteiger partial charge in [-0.05, 0) is 48.3 Å². The Morgan fingerprint density at radius 3 is 2.67 bits per heavy atom. The van der Waals surface area contributed by atoms with Crippen molar-refractivity contribution in [1.29, 1.82) is 0 Å². The SMILES string of the molecule is Cc1nc2nc(C(F)(F)F)nn2c(C)c1CC(=O)NCCc1ccc(Br)s1. The Balaban J connectivity index is 1.72. The Kier molecular flexibility index (Phi) is 5.52. The minimum absolute atomic E-state index is 0.00987. The van der Waals surface area contributed by atoms with Crippen LogP contribution in [0.15, 0.2) is 15.9 Å². The number of halogens is 4. The van der Waals surface area contributed by atoms with Crippen LogP contribution in [0, 0.1) is 13.8 Å². The molecule has 0 spiro atoms. The third kappa shape index (κ3) is 4.46. The Morgan fingerprint density at radius 2 is 2.04 bits per heavy atom. The smallest absolute Gasteiger partial charge is 0.355 e. The fourth-order valence-electron chi connectivity index (χ4n) is 2.62. The van der Waals surface area contributed by atoms with Gasteiger partial charge in [-0.3, -0.25) is 4.79 Å². The molecular weight excluding hydrogens is 447 g/mol. The second kappa shape index (κ2) is 7.55. The van der Waals surface area contributed by atoms with Crippen LogP contribution in [0.5, 0.6) is 0 Å². The van der Waals surface area contributed by atoms with E-state index in [9.17, 15) is 18.0 Å². The number of fused-ring (bicyclic) bond motifs is 1. The molecule has 0 aliphatic rings. The van der Waals surface area contributed by atoms with E-state index in [4.69, 9.17) is 0 Å². The molecular formula is C16H15BrF3N5OS. The zero-order valence-corrected chi connectivity index (χ0v) is 16.8. The van der Waals surface area contributed by atoms with E-state index in [1.54, 1.807) is 25.2 Å². The summed E-state index contributed by atoms with van der Waals surface area (Å²) in [5.74, 6) is -1.61. The van der Waals surface area contributed by atoms with Crippen LogP contribution < -0.4 is 5.32 Å². The topological polar surface area (TPSA) is 72.2 Å². The number of rotatable bonds is 5. The largest absolute Gasteiger partial charge is 0.453 e. The second-order valence-electron chi connectivity index (χ2n) is 5.89. The zero-order valence-electron chi connectivity index (χ0n) is 14.4. The molecule has 0 aromatic carbocycles. The van der Waals surface area contributed by atoms with Gasteiger partial charge in [0.05, 0.1) is 10.2 Å². The monoisotopic (exact) mass is 461 g/mol. The van der Waals surface area contributed by atoms with Crippen molar-refractivity contribution in [2.75, 3.05) is 6.54 Å². The molecule has 0 bridgehead atoms. The van der Waals surface area contributed by atoms with E-state index in [1.165, 1.54) is 0 Å². The molecule has 144 valence electrons. The quantitative estimate of drug-likeness (QED) is 0.631. The van der Waals surface area contributed by atoms with Gasteiger partial charge in [-0.15, -0.1) is 16.4 Å². The van der Waals surface area contributed by atoms with E-state index in [2.05, 4.69) is 36.3 Å². The molecule has 0 saturated heterocycles. The number of nitrogens with one attached hydrogen (secondary N) is 1. The Bertz CT molecular complexity index is 998. The van der Waals surface area contributed by atoms with Gasteiger partial charge < -0.3 is 5.32 Å². The highest BCUT2D eigenvalue weighted by Crippen LogP contribution is 2.27. The fraction of sp³-hybridized carbons (Fsp3) is 0.375. The van der Waals surface area contributed by atoms with Crippen molar-refractivity contribution in [2.24, 2.45) is 0 Å². The minimum Gasteiger partial charge on any atom is -0.355 e. The summed E-state index contributed by atoms with van der Waals surface area (Å²) in [6.07, 6.45) is -3.94. The molecule has 0 fully saturated rings. The van der Waals surface area contributed by atoms with Crippen LogP contribution in [0.3, 0.4) is 0 Å². The van der Waals surface area contributed by atoms with Gasteiger partial charge in [-0.2, -0.15) is 18.2 Å². The third-order valence-electron chi connectivity index (χ3n) is 3.96. The van der Waals surface area contributed by atoms with E-state index in [0.717, 1.165) is 13.2 Å². The van der Waals surface area contributed by atoms with Crippen molar-refractivity contribution < 1.29 is 18.0 Å². The number of carbonyl (C=O) groups is 1. The van der Waals surface area contributed by atoms with Crippen LogP contribution in [-0.2, 0) is 23.8 Å². The molecule has 3 rings (SSSR count). The van der Waals surface area contributed by atoms with Crippen molar-refractivity contribution >= 4 is 39.0 Å². The van der Waals surface area contributed by atoms with Crippen LogP contribution in [0.4, 0.5) is 13.2 Å². The van der Waals surface area contributed by atoms with Crippen molar-refractivity contribution in [3.63, 3.8) is 0 Å². The van der Waals surface area contributed by atoms with Gasteiger partial charge in [-0.1, -0.05) is 0 Å². The Hall–Kier alpha value is -2.01. The average Bonchev–Trinajstić information content (AvgIpc) is 3.17. The molecule has 0 atom stereocenters. The van der Waals surface area contributed by atoms with Gasteiger partial charge in [0.1, 0.15) is 0 Å². The Morgan fingerprint density at radius 1 is 1.30 bits per heavy atom. The maximum Gasteiger partial charge on any atom is 0.453 e. The van der Waals surface area contributed by atoms with Gasteiger partial charge in [0.15, 0.2) is 0 Å². The lowest BCUT2D eigenvalue weighted by atomic mass is 10.1. The van der Waals surface area contributed by atoms with Crippen molar-refractivity contribution in [3.05, 3.63) is 43.6 Å². The van der Waals surface area contributed by atoms with E-state index in [0.29, 0.717) is 29.9 Å². The number of nitrogens with zero attached hydrogens (tertiary/aromatic N) is 4. The summed E-state index contributed by atoms with van der Waals surface area (Å²) in [6, 6.07) is 3.93. The standard InChI is InChI=1S/C16H15BrF3N5OS/c1-8-11(7-13(26)21-6-5-10-3-4-12(17)27-10)9(2)25-15(22-8)23-14(24-25)16(18,19)20/h3-4H,5-7H2,1-2H3,(H,21,26). The molecule has 0 aliphatic heterocycles. The number of aryl methyl sites for hydroxylation is 2. The van der Waals surface area contributed by atoms with Crippen LogP contribution in [0.1, 0.15) is 27.7 Å². The van der Waals surface area contributed by atoms with Crippen molar-refractivity contribution in [3.8, 4) is 0 Å². The lowest BCUT2D eigenvalue weighted by molar-refractivity contribution is -0.144. The molecule has 6 nitrogen and oxygen atoms in total. The average molecular weight is 462 g/mol. The summed E-state index contributed by atoms with van der Waals surface area (Å²) in [5.41, 5.74) is 1.41. The number of alkyl halides is 3. The van der Waals surface area contributed by atoms with E-state index < -0.39 is 12.0 Å². The second-order valence-corrected chi connectivity index (χ2v) is 8.44. The molecule has 1 N–H and O–H groups in total. The molecule has 0 radical (unpaired) electrons. The molecule has 3 aromatic rings. The molecule has 0 saturated carbocycles. The molecule has 27 heavy (non-hydrogen) atoms. The normalized spacial score (nSPS) is 11.9. The number of amides is 1. The summed E-state index contributed by atoms with van der Waals surface area (Å²) in [4.78, 5) is 20.9. The highest BCUT2D eigenvalue weighted by molar-refractivity contribution is 9.11. The summed E-state index contributed by atoms with van der Waals surface area (Å²) >= 11 is 4.99. The van der Waals surface area contributed by atoms with Crippen LogP contribution in [-0.4, -0.2) is 32.0 Å². The lowest BCUT2D eigenvalue weighted by Crippen LogP contribution is -2.28. The van der Waals surface area contributed by atoms with E-state index in [-0.39, 0.29) is 18.1 Å². The molecule has 3 heterocycles. The number of hydrogen-bond acceptors (Lipinski definition) is 5. The van der Waals surface area contributed by atoms with Gasteiger partial charge >= 0.3 is 6.18 Å². The summed E-state index contributed by atoms with van der Waals surface area (Å²) in [6.45, 7) is 3.71. The highest BCUT2D eigenvalue weighted by atomic mass is 79.9. The fourth-order valence-corrected chi connectivity index (χ4v) is 4.10. The van der Waals surface area contributed by atoms with Crippen LogP contribution in [0.2, 0.25) is 0 Å². The van der Waals surface area contributed by atoms with Crippen LogP contribution in [0.25, 0.3) is 5.78 Å². The number of carbonyl (C=O) groups excluding carboxylic acids is 1. The summed E-state index contributed by atoms with van der Waals surface area (Å²) in [7, 11) is 0. The molecule has 0 unspecified atom stereocenters. The van der Waals surface area contributed by atoms with E-state index in [1.807, 2.05) is 12.1 Å². The first-order chi connectivity index (χ1) is 12.6. The maximum absolute atomic E-state index is 12.8. The van der Waals surface area contributed by atoms with Gasteiger partial charge in [0.25, 0.3) is 11.6 Å². The van der Waals surface area contributed by atoms with Gasteiger partial charge in [0.2, 0.25) is 5.91 Å². The maximum atomic E-state index is 12.8. The minimum atomic E-state index is -4.65. The van der Waals surface area contributed by atoms with Crippen LogP contribution >= 0.6 is 27.3 Å². The molecule has 11 heteroatoms. The molecule has 0 aliphatic carbocycles. The molecule has 1 amide bonds. The first-order valence-electron chi connectivity index (χ1n) is 7.96. The van der Waals surface area contributed by atoms with E-state index >= 15 is 0 Å². The summed E-state index contributed by atoms with van der Waals surface area (Å²) < 4.78 is 40.5. The highest BCUT2D eigenvalue weighted by Gasteiger charge is 2.37. The zero-order chi connectivity index (χ0) is 19.8. The predicted octanol–water partition coefficient (Wildman–Crippen LogP) is 3.49. The van der Waals surface area contributed by atoms with Crippen molar-refractivity contribution in [1.82, 2.24) is 24.9 Å². The predicted molar refractivity (Wildman–Crippen MR) is 97.7 cm³/mol. The number of aromatic nitrogens is 4. The summed E-state index contributed by atoms with van der Waals surface area (Å²) in [5, 5.41) is 6.30.